The molecule has 0 amide bonds. The molecule has 2 heterocycles. The summed E-state index contributed by atoms with van der Waals surface area (Å²) in [7, 11) is 1.76. The standard InChI is InChI=1S/C17H12F2N4/c1-23-10-13(8-12-6-7-21-15(9-20)16(12)19)17(22-23)11-2-4-14(18)5-3-11/h2-7,10H,8H2,1H3. The third kappa shape index (κ3) is 2.94. The Morgan fingerprint density at radius 2 is 1.87 bits per heavy atom. The van der Waals surface area contributed by atoms with Crippen LogP contribution in [-0.4, -0.2) is 14.8 Å². The number of pyridine rings is 1. The van der Waals surface area contributed by atoms with Gasteiger partial charge in [-0.15, -0.1) is 0 Å². The number of nitriles is 1. The molecule has 0 aliphatic carbocycles. The van der Waals surface area contributed by atoms with Crippen molar-refractivity contribution in [1.82, 2.24) is 14.8 Å². The van der Waals surface area contributed by atoms with Gasteiger partial charge in [-0.25, -0.2) is 13.8 Å². The summed E-state index contributed by atoms with van der Waals surface area (Å²) in [4.78, 5) is 3.70. The number of hydrogen-bond donors (Lipinski definition) is 0. The van der Waals surface area contributed by atoms with E-state index in [-0.39, 0.29) is 17.9 Å². The number of halogens is 2. The molecule has 3 rings (SSSR count). The summed E-state index contributed by atoms with van der Waals surface area (Å²) in [5.74, 6) is -0.950. The van der Waals surface area contributed by atoms with Crippen molar-refractivity contribution >= 4 is 0 Å². The van der Waals surface area contributed by atoms with Crippen molar-refractivity contribution < 1.29 is 8.78 Å². The number of benzene rings is 1. The van der Waals surface area contributed by atoms with Gasteiger partial charge in [0.05, 0.1) is 5.69 Å². The van der Waals surface area contributed by atoms with Crippen molar-refractivity contribution in [3.8, 4) is 17.3 Å². The first kappa shape index (κ1) is 14.9. The molecule has 0 saturated heterocycles. The molecule has 3 aromatic rings. The van der Waals surface area contributed by atoms with Gasteiger partial charge >= 0.3 is 0 Å². The van der Waals surface area contributed by atoms with Crippen LogP contribution in [0.1, 0.15) is 16.8 Å². The van der Waals surface area contributed by atoms with Crippen LogP contribution in [0.2, 0.25) is 0 Å². The summed E-state index contributed by atoms with van der Waals surface area (Å²) in [6.07, 6.45) is 3.46. The Morgan fingerprint density at radius 1 is 1.13 bits per heavy atom. The van der Waals surface area contributed by atoms with Gasteiger partial charge in [0, 0.05) is 37.0 Å². The zero-order chi connectivity index (χ0) is 16.4. The Kier molecular flexibility index (Phi) is 3.85. The van der Waals surface area contributed by atoms with E-state index in [1.165, 1.54) is 24.4 Å². The second-order valence-corrected chi connectivity index (χ2v) is 5.10. The topological polar surface area (TPSA) is 54.5 Å². The molecular formula is C17H12F2N4. The van der Waals surface area contributed by atoms with Gasteiger partial charge in [-0.05, 0) is 35.9 Å². The summed E-state index contributed by atoms with van der Waals surface area (Å²) in [6, 6.07) is 9.24. The maximum Gasteiger partial charge on any atom is 0.176 e. The van der Waals surface area contributed by atoms with Gasteiger partial charge in [-0.2, -0.15) is 10.4 Å². The van der Waals surface area contributed by atoms with Gasteiger partial charge in [0.2, 0.25) is 0 Å². The molecule has 0 bridgehead atoms. The molecule has 0 spiro atoms. The second-order valence-electron chi connectivity index (χ2n) is 5.10. The molecule has 1 aromatic carbocycles. The Balaban J connectivity index is 2.02. The van der Waals surface area contributed by atoms with Crippen LogP contribution in [-0.2, 0) is 13.5 Å². The van der Waals surface area contributed by atoms with Gasteiger partial charge < -0.3 is 0 Å². The first-order valence-corrected chi connectivity index (χ1v) is 6.90. The normalized spacial score (nSPS) is 10.5. The van der Waals surface area contributed by atoms with Crippen molar-refractivity contribution in [2.75, 3.05) is 0 Å². The SMILES string of the molecule is Cn1cc(Cc2ccnc(C#N)c2F)c(-c2ccc(F)cc2)n1. The predicted octanol–water partition coefficient (Wildman–Crippen LogP) is 3.22. The number of rotatable bonds is 3. The van der Waals surface area contributed by atoms with E-state index in [1.807, 2.05) is 0 Å². The predicted molar refractivity (Wildman–Crippen MR) is 80.3 cm³/mol. The number of nitrogens with zero attached hydrogens (tertiary/aromatic N) is 4. The molecule has 0 atom stereocenters. The Hall–Kier alpha value is -3.07. The third-order valence-electron chi connectivity index (χ3n) is 3.48. The first-order valence-electron chi connectivity index (χ1n) is 6.90. The summed E-state index contributed by atoms with van der Waals surface area (Å²) in [6.45, 7) is 0. The minimum Gasteiger partial charge on any atom is -0.275 e. The fraction of sp³-hybridized carbons (Fsp3) is 0.118. The van der Waals surface area contributed by atoms with Crippen LogP contribution in [0, 0.1) is 23.0 Å². The third-order valence-corrected chi connectivity index (χ3v) is 3.48. The van der Waals surface area contributed by atoms with Crippen molar-refractivity contribution in [3.05, 3.63) is 71.2 Å². The van der Waals surface area contributed by atoms with Crippen molar-refractivity contribution in [2.24, 2.45) is 7.05 Å². The van der Waals surface area contributed by atoms with Crippen molar-refractivity contribution in [3.63, 3.8) is 0 Å². The van der Waals surface area contributed by atoms with E-state index >= 15 is 0 Å². The van der Waals surface area contributed by atoms with Crippen LogP contribution in [0.3, 0.4) is 0 Å². The molecule has 114 valence electrons. The Labute approximate surface area is 131 Å². The van der Waals surface area contributed by atoms with Crippen LogP contribution in [0.15, 0.2) is 42.7 Å². The lowest BCUT2D eigenvalue weighted by Gasteiger charge is -2.05. The fourth-order valence-electron chi connectivity index (χ4n) is 2.42. The van der Waals surface area contributed by atoms with Gasteiger partial charge in [0.15, 0.2) is 11.5 Å². The van der Waals surface area contributed by atoms with Gasteiger partial charge in [0.1, 0.15) is 11.9 Å². The van der Waals surface area contributed by atoms with Crippen LogP contribution in [0.5, 0.6) is 0 Å². The minimum absolute atomic E-state index is 0.227. The van der Waals surface area contributed by atoms with E-state index in [9.17, 15) is 8.78 Å². The molecule has 6 heteroatoms. The summed E-state index contributed by atoms with van der Waals surface area (Å²) in [5.41, 5.74) is 2.33. The maximum atomic E-state index is 14.2. The fourth-order valence-corrected chi connectivity index (χ4v) is 2.42. The van der Waals surface area contributed by atoms with E-state index in [2.05, 4.69) is 10.1 Å². The van der Waals surface area contributed by atoms with E-state index in [0.717, 1.165) is 11.1 Å². The van der Waals surface area contributed by atoms with Gasteiger partial charge in [-0.1, -0.05) is 0 Å². The minimum atomic E-state index is -0.621. The van der Waals surface area contributed by atoms with Crippen LogP contribution in [0.25, 0.3) is 11.3 Å². The Morgan fingerprint density at radius 3 is 2.57 bits per heavy atom. The Bertz CT molecular complexity index is 892. The molecule has 0 fully saturated rings. The number of hydrogen-bond acceptors (Lipinski definition) is 3. The lowest BCUT2D eigenvalue weighted by Crippen LogP contribution is -1.98. The highest BCUT2D eigenvalue weighted by atomic mass is 19.1. The molecule has 2 aromatic heterocycles. The highest BCUT2D eigenvalue weighted by Crippen LogP contribution is 2.25. The molecule has 0 unspecified atom stereocenters. The van der Waals surface area contributed by atoms with E-state index in [4.69, 9.17) is 5.26 Å². The lowest BCUT2D eigenvalue weighted by atomic mass is 10.0. The molecular weight excluding hydrogens is 298 g/mol. The first-order chi connectivity index (χ1) is 11.1. The molecule has 0 saturated carbocycles. The largest absolute Gasteiger partial charge is 0.275 e. The zero-order valence-corrected chi connectivity index (χ0v) is 12.3. The van der Waals surface area contributed by atoms with E-state index in [0.29, 0.717) is 11.3 Å². The lowest BCUT2D eigenvalue weighted by molar-refractivity contribution is 0.602. The monoisotopic (exact) mass is 310 g/mol. The summed E-state index contributed by atoms with van der Waals surface area (Å²) in [5, 5.41) is 13.2. The molecule has 0 aliphatic rings. The van der Waals surface area contributed by atoms with Gasteiger partial charge in [0.25, 0.3) is 0 Å². The number of aryl methyl sites for hydroxylation is 1. The summed E-state index contributed by atoms with van der Waals surface area (Å²) < 4.78 is 28.9. The highest BCUT2D eigenvalue weighted by molar-refractivity contribution is 5.63. The molecule has 0 aliphatic heterocycles. The summed E-state index contributed by atoms with van der Waals surface area (Å²) >= 11 is 0. The van der Waals surface area contributed by atoms with Crippen LogP contribution >= 0.6 is 0 Å². The molecule has 23 heavy (non-hydrogen) atoms. The second kappa shape index (κ2) is 5.97. The smallest absolute Gasteiger partial charge is 0.176 e. The average Bonchev–Trinajstić information content (AvgIpc) is 2.91. The maximum absolute atomic E-state index is 14.2. The quantitative estimate of drug-likeness (QED) is 0.746. The van der Waals surface area contributed by atoms with Crippen molar-refractivity contribution in [2.45, 2.75) is 6.42 Å². The van der Waals surface area contributed by atoms with Crippen LogP contribution in [0.4, 0.5) is 8.78 Å². The van der Waals surface area contributed by atoms with E-state index < -0.39 is 5.82 Å². The van der Waals surface area contributed by atoms with Crippen LogP contribution < -0.4 is 0 Å². The number of aromatic nitrogens is 3. The van der Waals surface area contributed by atoms with Crippen molar-refractivity contribution in [1.29, 1.82) is 5.26 Å². The molecule has 4 nitrogen and oxygen atoms in total. The van der Waals surface area contributed by atoms with Gasteiger partial charge in [-0.3, -0.25) is 4.68 Å². The molecule has 0 N–H and O–H groups in total. The average molecular weight is 310 g/mol. The zero-order valence-electron chi connectivity index (χ0n) is 12.3. The highest BCUT2D eigenvalue weighted by Gasteiger charge is 2.15. The molecule has 0 radical (unpaired) electrons. The van der Waals surface area contributed by atoms with E-state index in [1.54, 1.807) is 36.1 Å².